The van der Waals surface area contributed by atoms with Crippen molar-refractivity contribution in [3.05, 3.63) is 23.3 Å². The van der Waals surface area contributed by atoms with Gasteiger partial charge in [0.05, 0.1) is 11.7 Å². The van der Waals surface area contributed by atoms with E-state index in [2.05, 4.69) is 38.2 Å². The van der Waals surface area contributed by atoms with Crippen LogP contribution in [0.25, 0.3) is 0 Å². The molecule has 0 spiro atoms. The lowest BCUT2D eigenvalue weighted by atomic mass is 10.1. The topological polar surface area (TPSA) is 21.3 Å². The van der Waals surface area contributed by atoms with Gasteiger partial charge in [0, 0.05) is 0 Å². The van der Waals surface area contributed by atoms with Gasteiger partial charge in [-0.3, -0.25) is 0 Å². The summed E-state index contributed by atoms with van der Waals surface area (Å²) < 4.78 is 5.68. The number of rotatable bonds is 0. The van der Waals surface area contributed by atoms with E-state index in [1.807, 2.05) is 0 Å². The molecule has 1 heterocycles. The normalized spacial score (nSPS) is 20.1. The molecule has 1 aliphatic heterocycles. The van der Waals surface area contributed by atoms with E-state index in [0.717, 1.165) is 18.0 Å². The number of hydrogen-bond donors (Lipinski definition) is 1. The number of nitrogens with one attached hydrogen (secondary N) is 1. The molecule has 1 aromatic carbocycles. The van der Waals surface area contributed by atoms with Crippen molar-refractivity contribution >= 4 is 5.69 Å². The largest absolute Gasteiger partial charge is 0.489 e. The number of fused-ring (bicyclic) bond motifs is 1. The average molecular weight is 177 g/mol. The molecule has 70 valence electrons. The second kappa shape index (κ2) is 2.95. The molecule has 1 unspecified atom stereocenters. The van der Waals surface area contributed by atoms with Crippen molar-refractivity contribution in [2.24, 2.45) is 0 Å². The van der Waals surface area contributed by atoms with Gasteiger partial charge in [0.25, 0.3) is 0 Å². The first-order valence-electron chi connectivity index (χ1n) is 4.68. The molecular formula is C11H15NO. The van der Waals surface area contributed by atoms with Crippen molar-refractivity contribution in [2.45, 2.75) is 26.8 Å². The van der Waals surface area contributed by atoms with Gasteiger partial charge in [-0.05, 0) is 38.0 Å². The first-order chi connectivity index (χ1) is 6.18. The first kappa shape index (κ1) is 8.42. The Bertz CT molecular complexity index is 333. The zero-order chi connectivity index (χ0) is 9.42. The Kier molecular flexibility index (Phi) is 1.91. The maximum absolute atomic E-state index is 5.68. The third-order valence-electron chi connectivity index (χ3n) is 2.56. The summed E-state index contributed by atoms with van der Waals surface area (Å²) in [6.45, 7) is 7.10. The molecule has 2 rings (SSSR count). The van der Waals surface area contributed by atoms with Crippen molar-refractivity contribution < 1.29 is 4.74 Å². The third kappa shape index (κ3) is 1.37. The van der Waals surface area contributed by atoms with Gasteiger partial charge < -0.3 is 10.1 Å². The van der Waals surface area contributed by atoms with E-state index in [0.29, 0.717) is 6.04 Å². The predicted molar refractivity (Wildman–Crippen MR) is 54.5 cm³/mol. The quantitative estimate of drug-likeness (QED) is 0.657. The zero-order valence-corrected chi connectivity index (χ0v) is 8.35. The second-order valence-electron chi connectivity index (χ2n) is 3.74. The fourth-order valence-corrected chi connectivity index (χ4v) is 1.61. The summed E-state index contributed by atoms with van der Waals surface area (Å²) >= 11 is 0. The Labute approximate surface area is 78.9 Å². The van der Waals surface area contributed by atoms with Gasteiger partial charge in [-0.2, -0.15) is 0 Å². The molecule has 1 N–H and O–H groups in total. The van der Waals surface area contributed by atoms with Crippen LogP contribution in [0.4, 0.5) is 5.69 Å². The van der Waals surface area contributed by atoms with Crippen LogP contribution in [0.1, 0.15) is 18.1 Å². The summed E-state index contributed by atoms with van der Waals surface area (Å²) in [5, 5.41) is 3.40. The van der Waals surface area contributed by atoms with Gasteiger partial charge in [-0.1, -0.05) is 6.07 Å². The SMILES string of the molecule is Cc1ccc2c(c1C)OCC(C)N2. The standard InChI is InChI=1S/C11H15NO/c1-7-4-5-10-11(9(7)3)13-6-8(2)12-10/h4-5,8,12H,6H2,1-3H3. The predicted octanol–water partition coefficient (Wildman–Crippen LogP) is 2.50. The van der Waals surface area contributed by atoms with Crippen molar-refractivity contribution in [3.8, 4) is 5.75 Å². The minimum absolute atomic E-state index is 0.412. The van der Waals surface area contributed by atoms with Crippen molar-refractivity contribution in [3.63, 3.8) is 0 Å². The van der Waals surface area contributed by atoms with E-state index < -0.39 is 0 Å². The molecule has 0 amide bonds. The van der Waals surface area contributed by atoms with Gasteiger partial charge in [-0.15, -0.1) is 0 Å². The van der Waals surface area contributed by atoms with Crippen molar-refractivity contribution in [1.82, 2.24) is 0 Å². The Morgan fingerprint density at radius 2 is 2.15 bits per heavy atom. The monoisotopic (exact) mass is 177 g/mol. The summed E-state index contributed by atoms with van der Waals surface area (Å²) in [5.41, 5.74) is 3.66. The number of benzene rings is 1. The van der Waals surface area contributed by atoms with Gasteiger partial charge in [0.2, 0.25) is 0 Å². The summed E-state index contributed by atoms with van der Waals surface area (Å²) in [4.78, 5) is 0. The molecule has 2 heteroatoms. The molecule has 0 saturated carbocycles. The second-order valence-corrected chi connectivity index (χ2v) is 3.74. The number of anilines is 1. The highest BCUT2D eigenvalue weighted by Gasteiger charge is 2.17. The molecule has 13 heavy (non-hydrogen) atoms. The highest BCUT2D eigenvalue weighted by atomic mass is 16.5. The van der Waals surface area contributed by atoms with Crippen LogP contribution in [-0.4, -0.2) is 12.6 Å². The molecule has 0 saturated heterocycles. The lowest BCUT2D eigenvalue weighted by Crippen LogP contribution is -2.28. The number of hydrogen-bond acceptors (Lipinski definition) is 2. The van der Waals surface area contributed by atoms with Crippen LogP contribution in [-0.2, 0) is 0 Å². The molecule has 0 radical (unpaired) electrons. The molecule has 2 nitrogen and oxygen atoms in total. The van der Waals surface area contributed by atoms with Crippen LogP contribution in [0, 0.1) is 13.8 Å². The zero-order valence-electron chi connectivity index (χ0n) is 8.35. The van der Waals surface area contributed by atoms with E-state index in [-0.39, 0.29) is 0 Å². The maximum atomic E-state index is 5.68. The van der Waals surface area contributed by atoms with Crippen LogP contribution in [0.5, 0.6) is 5.75 Å². The van der Waals surface area contributed by atoms with E-state index in [1.165, 1.54) is 11.1 Å². The summed E-state index contributed by atoms with van der Waals surface area (Å²) in [7, 11) is 0. The molecule has 0 fully saturated rings. The Hall–Kier alpha value is -1.18. The molecule has 1 aliphatic rings. The Balaban J connectivity index is 2.47. The van der Waals surface area contributed by atoms with Gasteiger partial charge in [0.15, 0.2) is 0 Å². The fourth-order valence-electron chi connectivity index (χ4n) is 1.61. The van der Waals surface area contributed by atoms with Crippen LogP contribution >= 0.6 is 0 Å². The molecule has 1 aromatic rings. The lowest BCUT2D eigenvalue weighted by molar-refractivity contribution is 0.289. The Morgan fingerprint density at radius 3 is 2.92 bits per heavy atom. The minimum atomic E-state index is 0.412. The molecule has 1 atom stereocenters. The van der Waals surface area contributed by atoms with E-state index >= 15 is 0 Å². The molecule has 0 bridgehead atoms. The first-order valence-corrected chi connectivity index (χ1v) is 4.68. The number of aryl methyl sites for hydroxylation is 1. The van der Waals surface area contributed by atoms with Crippen LogP contribution in [0.2, 0.25) is 0 Å². The Morgan fingerprint density at radius 1 is 1.38 bits per heavy atom. The highest BCUT2D eigenvalue weighted by Crippen LogP contribution is 2.33. The molecule has 0 aromatic heterocycles. The van der Waals surface area contributed by atoms with Crippen LogP contribution < -0.4 is 10.1 Å². The van der Waals surface area contributed by atoms with Gasteiger partial charge >= 0.3 is 0 Å². The average Bonchev–Trinajstić information content (AvgIpc) is 2.12. The third-order valence-corrected chi connectivity index (χ3v) is 2.56. The molecule has 0 aliphatic carbocycles. The van der Waals surface area contributed by atoms with Crippen molar-refractivity contribution in [1.29, 1.82) is 0 Å². The summed E-state index contributed by atoms with van der Waals surface area (Å²) in [6, 6.07) is 4.63. The van der Waals surface area contributed by atoms with Crippen LogP contribution in [0.15, 0.2) is 12.1 Å². The molecular weight excluding hydrogens is 162 g/mol. The van der Waals surface area contributed by atoms with Crippen LogP contribution in [0.3, 0.4) is 0 Å². The van der Waals surface area contributed by atoms with Gasteiger partial charge in [-0.25, -0.2) is 0 Å². The highest BCUT2D eigenvalue weighted by molar-refractivity contribution is 5.63. The summed E-state index contributed by atoms with van der Waals surface area (Å²) in [5.74, 6) is 1.03. The number of ether oxygens (including phenoxy) is 1. The van der Waals surface area contributed by atoms with Gasteiger partial charge in [0.1, 0.15) is 12.4 Å². The van der Waals surface area contributed by atoms with E-state index in [9.17, 15) is 0 Å². The van der Waals surface area contributed by atoms with Crippen molar-refractivity contribution in [2.75, 3.05) is 11.9 Å². The van der Waals surface area contributed by atoms with E-state index in [1.54, 1.807) is 0 Å². The minimum Gasteiger partial charge on any atom is -0.489 e. The smallest absolute Gasteiger partial charge is 0.145 e. The maximum Gasteiger partial charge on any atom is 0.145 e. The lowest BCUT2D eigenvalue weighted by Gasteiger charge is -2.26. The summed E-state index contributed by atoms with van der Waals surface area (Å²) in [6.07, 6.45) is 0. The van der Waals surface area contributed by atoms with E-state index in [4.69, 9.17) is 4.74 Å². The fraction of sp³-hybridized carbons (Fsp3) is 0.455.